The maximum absolute atomic E-state index is 12.9. The first kappa shape index (κ1) is 19.0. The Morgan fingerprint density at radius 1 is 1.00 bits per heavy atom. The lowest BCUT2D eigenvalue weighted by molar-refractivity contribution is 0.0650. The fourth-order valence-corrected chi connectivity index (χ4v) is 3.87. The fourth-order valence-electron chi connectivity index (χ4n) is 3.87. The minimum absolute atomic E-state index is 0.00863. The number of rotatable bonds is 4. The summed E-state index contributed by atoms with van der Waals surface area (Å²) in [4.78, 5) is 27.6. The molecule has 4 rings (SSSR count). The van der Waals surface area contributed by atoms with Crippen LogP contribution in [0.3, 0.4) is 0 Å². The van der Waals surface area contributed by atoms with Crippen LogP contribution in [-0.2, 0) is 0 Å². The van der Waals surface area contributed by atoms with Crippen molar-refractivity contribution in [2.45, 2.75) is 26.7 Å². The summed E-state index contributed by atoms with van der Waals surface area (Å²) in [5, 5.41) is 11.1. The van der Waals surface area contributed by atoms with Crippen LogP contribution in [0.2, 0.25) is 0 Å². The van der Waals surface area contributed by atoms with Gasteiger partial charge in [0.15, 0.2) is 5.78 Å². The second-order valence-corrected chi connectivity index (χ2v) is 7.55. The average Bonchev–Trinajstić information content (AvgIpc) is 3.28. The van der Waals surface area contributed by atoms with Gasteiger partial charge in [-0.25, -0.2) is 4.68 Å². The van der Waals surface area contributed by atoms with E-state index in [1.54, 1.807) is 16.8 Å². The highest BCUT2D eigenvalue weighted by molar-refractivity contribution is 5.99. The molecule has 1 aliphatic rings. The van der Waals surface area contributed by atoms with E-state index >= 15 is 0 Å². The van der Waals surface area contributed by atoms with E-state index in [1.807, 2.05) is 49.1 Å². The summed E-state index contributed by atoms with van der Waals surface area (Å²) in [7, 11) is 0. The highest BCUT2D eigenvalue weighted by atomic mass is 16.2. The maximum Gasteiger partial charge on any atom is 0.253 e. The number of aryl methyl sites for hydroxylation is 2. The highest BCUT2D eigenvalue weighted by Crippen LogP contribution is 2.25. The molecule has 1 amide bonds. The average molecular weight is 389 g/mol. The maximum atomic E-state index is 12.9. The van der Waals surface area contributed by atoms with Crippen molar-refractivity contribution in [2.75, 3.05) is 13.1 Å². The first-order chi connectivity index (χ1) is 14.0. The first-order valence-corrected chi connectivity index (χ1v) is 9.77. The molecule has 0 atom stereocenters. The molecule has 0 radical (unpaired) electrons. The van der Waals surface area contributed by atoms with E-state index in [4.69, 9.17) is 0 Å². The second-order valence-electron chi connectivity index (χ2n) is 7.55. The molecule has 7 heteroatoms. The number of Topliss-reactive ketones (excluding diaryl/α,β-unsaturated/α-hetero) is 1. The van der Waals surface area contributed by atoms with Gasteiger partial charge in [-0.05, 0) is 66.9 Å². The van der Waals surface area contributed by atoms with Crippen LogP contribution < -0.4 is 0 Å². The Bertz CT molecular complexity index is 1020. The number of benzene rings is 2. The molecule has 29 heavy (non-hydrogen) atoms. The van der Waals surface area contributed by atoms with Gasteiger partial charge in [-0.2, -0.15) is 0 Å². The molecule has 1 saturated heterocycles. The molecule has 2 aromatic carbocycles. The summed E-state index contributed by atoms with van der Waals surface area (Å²) in [5.74, 6) is 0.161. The third kappa shape index (κ3) is 3.94. The van der Waals surface area contributed by atoms with Crippen molar-refractivity contribution in [2.24, 2.45) is 5.92 Å². The molecule has 0 saturated carbocycles. The zero-order chi connectivity index (χ0) is 20.4. The largest absolute Gasteiger partial charge is 0.339 e. The number of carbonyl (C=O) groups excluding carboxylic acids is 2. The van der Waals surface area contributed by atoms with E-state index in [1.165, 1.54) is 6.33 Å². The van der Waals surface area contributed by atoms with Crippen LogP contribution in [0, 0.1) is 19.8 Å². The molecule has 0 spiro atoms. The minimum atomic E-state index is -0.0253. The normalized spacial score (nSPS) is 14.8. The van der Waals surface area contributed by atoms with Crippen LogP contribution in [0.15, 0.2) is 48.8 Å². The number of piperidine rings is 1. The molecule has 0 aliphatic carbocycles. The van der Waals surface area contributed by atoms with Gasteiger partial charge in [0.2, 0.25) is 0 Å². The Balaban J connectivity index is 1.39. The summed E-state index contributed by atoms with van der Waals surface area (Å²) in [6.07, 6.45) is 2.90. The number of hydrogen-bond donors (Lipinski definition) is 0. The Hall–Kier alpha value is -3.35. The zero-order valence-electron chi connectivity index (χ0n) is 16.6. The number of amides is 1. The molecule has 0 unspecified atom stereocenters. The molecule has 148 valence electrons. The van der Waals surface area contributed by atoms with Crippen LogP contribution in [0.4, 0.5) is 0 Å². The van der Waals surface area contributed by atoms with Crippen molar-refractivity contribution in [1.29, 1.82) is 0 Å². The van der Waals surface area contributed by atoms with Crippen LogP contribution in [-0.4, -0.2) is 49.9 Å². The summed E-state index contributed by atoms with van der Waals surface area (Å²) < 4.78 is 1.54. The summed E-state index contributed by atoms with van der Waals surface area (Å²) in [6.45, 7) is 5.20. The molecular formula is C22H23N5O2. The number of carbonyl (C=O) groups is 2. The Morgan fingerprint density at radius 3 is 2.34 bits per heavy atom. The fraction of sp³-hybridized carbons (Fsp3) is 0.318. The molecule has 0 bridgehead atoms. The van der Waals surface area contributed by atoms with Crippen molar-refractivity contribution >= 4 is 11.7 Å². The number of nitrogens with zero attached hydrogens (tertiary/aromatic N) is 5. The second kappa shape index (κ2) is 7.95. The zero-order valence-corrected chi connectivity index (χ0v) is 16.6. The predicted octanol–water partition coefficient (Wildman–Crippen LogP) is 3.01. The SMILES string of the molecule is Cc1ccc(C(=O)C2CCN(C(=O)c3ccc(-n4cnnn4)cc3)CC2)c(C)c1. The van der Waals surface area contributed by atoms with E-state index in [9.17, 15) is 9.59 Å². The van der Waals surface area contributed by atoms with Gasteiger partial charge in [-0.1, -0.05) is 23.8 Å². The third-order valence-corrected chi connectivity index (χ3v) is 5.53. The number of ketones is 1. The van der Waals surface area contributed by atoms with E-state index < -0.39 is 0 Å². The monoisotopic (exact) mass is 389 g/mol. The van der Waals surface area contributed by atoms with Crippen molar-refractivity contribution in [3.63, 3.8) is 0 Å². The molecule has 0 N–H and O–H groups in total. The van der Waals surface area contributed by atoms with E-state index in [2.05, 4.69) is 15.5 Å². The van der Waals surface area contributed by atoms with Gasteiger partial charge in [0.25, 0.3) is 5.91 Å². The van der Waals surface area contributed by atoms with Gasteiger partial charge in [-0.3, -0.25) is 9.59 Å². The molecular weight excluding hydrogens is 366 g/mol. The Labute approximate surface area is 169 Å². The van der Waals surface area contributed by atoms with Gasteiger partial charge >= 0.3 is 0 Å². The van der Waals surface area contributed by atoms with E-state index in [0.29, 0.717) is 31.5 Å². The molecule has 2 heterocycles. The van der Waals surface area contributed by atoms with Crippen LogP contribution in [0.1, 0.15) is 44.7 Å². The third-order valence-electron chi connectivity index (χ3n) is 5.53. The van der Waals surface area contributed by atoms with Crippen molar-refractivity contribution in [3.8, 4) is 5.69 Å². The summed E-state index contributed by atoms with van der Waals surface area (Å²) in [5.41, 5.74) is 4.41. The van der Waals surface area contributed by atoms with Crippen LogP contribution in [0.25, 0.3) is 5.69 Å². The minimum Gasteiger partial charge on any atom is -0.339 e. The molecule has 1 fully saturated rings. The highest BCUT2D eigenvalue weighted by Gasteiger charge is 2.29. The first-order valence-electron chi connectivity index (χ1n) is 9.77. The standard InChI is InChI=1S/C22H23N5O2/c1-15-3-8-20(16(2)13-15)21(28)17-9-11-26(12-10-17)22(29)18-4-6-19(7-5-18)27-14-23-24-25-27/h3-8,13-14,17H,9-12H2,1-2H3. The van der Waals surface area contributed by atoms with E-state index in [0.717, 1.165) is 22.4 Å². The number of likely N-dealkylation sites (tertiary alicyclic amines) is 1. The molecule has 1 aromatic heterocycles. The van der Waals surface area contributed by atoms with E-state index in [-0.39, 0.29) is 17.6 Å². The molecule has 1 aliphatic heterocycles. The summed E-state index contributed by atoms with van der Waals surface area (Å²) in [6, 6.07) is 13.2. The van der Waals surface area contributed by atoms with Gasteiger partial charge in [-0.15, -0.1) is 5.10 Å². The van der Waals surface area contributed by atoms with Gasteiger partial charge in [0.1, 0.15) is 6.33 Å². The lowest BCUT2D eigenvalue weighted by atomic mass is 9.87. The van der Waals surface area contributed by atoms with Gasteiger partial charge in [0, 0.05) is 30.1 Å². The quantitative estimate of drug-likeness (QED) is 0.641. The van der Waals surface area contributed by atoms with Crippen LogP contribution in [0.5, 0.6) is 0 Å². The number of aromatic nitrogens is 4. The van der Waals surface area contributed by atoms with Crippen LogP contribution >= 0.6 is 0 Å². The van der Waals surface area contributed by atoms with Crippen molar-refractivity contribution in [3.05, 3.63) is 71.0 Å². The number of tetrazole rings is 1. The molecule has 3 aromatic rings. The van der Waals surface area contributed by atoms with Crippen molar-refractivity contribution < 1.29 is 9.59 Å². The van der Waals surface area contributed by atoms with Gasteiger partial charge in [0.05, 0.1) is 5.69 Å². The smallest absolute Gasteiger partial charge is 0.253 e. The predicted molar refractivity (Wildman–Crippen MR) is 108 cm³/mol. The van der Waals surface area contributed by atoms with Gasteiger partial charge < -0.3 is 4.90 Å². The number of hydrogen-bond acceptors (Lipinski definition) is 5. The molecule has 7 nitrogen and oxygen atoms in total. The Morgan fingerprint density at radius 2 is 1.72 bits per heavy atom. The topological polar surface area (TPSA) is 81.0 Å². The lowest BCUT2D eigenvalue weighted by Crippen LogP contribution is -2.40. The summed E-state index contributed by atoms with van der Waals surface area (Å²) >= 11 is 0. The van der Waals surface area contributed by atoms with Crippen molar-refractivity contribution in [1.82, 2.24) is 25.1 Å². The lowest BCUT2D eigenvalue weighted by Gasteiger charge is -2.31. The Kier molecular flexibility index (Phi) is 5.20.